The maximum Gasteiger partial charge on any atom is 0.253 e. The quantitative estimate of drug-likeness (QED) is 0.716. The van der Waals surface area contributed by atoms with E-state index in [1.54, 1.807) is 18.5 Å². The summed E-state index contributed by atoms with van der Waals surface area (Å²) in [5, 5.41) is 0. The molecule has 1 aliphatic rings. The summed E-state index contributed by atoms with van der Waals surface area (Å²) >= 11 is 0. The molecular formula is C21H20FN3O. The van der Waals surface area contributed by atoms with Crippen molar-refractivity contribution in [3.05, 3.63) is 84.2 Å². The Labute approximate surface area is 151 Å². The largest absolute Gasteiger partial charge is 0.338 e. The van der Waals surface area contributed by atoms with Crippen molar-refractivity contribution < 1.29 is 9.18 Å². The Morgan fingerprint density at radius 3 is 2.62 bits per heavy atom. The van der Waals surface area contributed by atoms with Gasteiger partial charge in [0.2, 0.25) is 0 Å². The van der Waals surface area contributed by atoms with E-state index >= 15 is 0 Å². The lowest BCUT2D eigenvalue weighted by Crippen LogP contribution is -2.39. The summed E-state index contributed by atoms with van der Waals surface area (Å²) in [4.78, 5) is 19.2. The smallest absolute Gasteiger partial charge is 0.253 e. The number of benzene rings is 2. The summed E-state index contributed by atoms with van der Waals surface area (Å²) in [5.41, 5.74) is 2.57. The van der Waals surface area contributed by atoms with Crippen LogP contribution in [0.25, 0.3) is 5.69 Å². The zero-order chi connectivity index (χ0) is 17.9. The predicted octanol–water partition coefficient (Wildman–Crippen LogP) is 4.03. The van der Waals surface area contributed by atoms with Crippen molar-refractivity contribution in [2.75, 3.05) is 13.1 Å². The van der Waals surface area contributed by atoms with Crippen LogP contribution in [-0.2, 0) is 0 Å². The van der Waals surface area contributed by atoms with E-state index in [0.717, 1.165) is 36.3 Å². The van der Waals surface area contributed by atoms with Gasteiger partial charge in [0, 0.05) is 36.5 Å². The van der Waals surface area contributed by atoms with Crippen molar-refractivity contribution in [2.45, 2.75) is 18.8 Å². The van der Waals surface area contributed by atoms with E-state index in [9.17, 15) is 9.18 Å². The van der Waals surface area contributed by atoms with Crippen LogP contribution in [-0.4, -0.2) is 33.4 Å². The molecule has 26 heavy (non-hydrogen) atoms. The van der Waals surface area contributed by atoms with Crippen LogP contribution in [0.5, 0.6) is 0 Å². The van der Waals surface area contributed by atoms with Gasteiger partial charge in [-0.15, -0.1) is 0 Å². The van der Waals surface area contributed by atoms with Gasteiger partial charge in [0.05, 0.1) is 12.0 Å². The molecule has 4 rings (SSSR count). The monoisotopic (exact) mass is 349 g/mol. The van der Waals surface area contributed by atoms with Crippen molar-refractivity contribution >= 4 is 5.91 Å². The van der Waals surface area contributed by atoms with E-state index in [1.807, 2.05) is 46.0 Å². The second-order valence-corrected chi connectivity index (χ2v) is 6.64. The van der Waals surface area contributed by atoms with Gasteiger partial charge in [-0.25, -0.2) is 9.37 Å². The number of likely N-dealkylation sites (tertiary alicyclic amines) is 1. The molecule has 4 nitrogen and oxygen atoms in total. The summed E-state index contributed by atoms with van der Waals surface area (Å²) < 4.78 is 15.0. The van der Waals surface area contributed by atoms with Gasteiger partial charge >= 0.3 is 0 Å². The maximum atomic E-state index is 13.1. The molecule has 0 spiro atoms. The van der Waals surface area contributed by atoms with Crippen LogP contribution in [0.15, 0.2) is 67.1 Å². The number of nitrogens with zero attached hydrogens (tertiary/aromatic N) is 3. The molecule has 2 heterocycles. The number of imidazole rings is 1. The van der Waals surface area contributed by atoms with Crippen LogP contribution in [0.3, 0.4) is 0 Å². The Kier molecular flexibility index (Phi) is 4.52. The standard InChI is InChI=1S/C21H20FN3O/c22-18-8-10-19(11-9-18)25-14-20(23-15-25)17-7-4-12-24(13-17)21(26)16-5-2-1-3-6-16/h1-3,5-6,8-11,14-15,17H,4,7,12-13H2. The molecule has 2 aromatic carbocycles. The third-order valence-corrected chi connectivity index (χ3v) is 4.87. The first-order chi connectivity index (χ1) is 12.7. The third kappa shape index (κ3) is 3.38. The van der Waals surface area contributed by atoms with Crippen LogP contribution in [0.2, 0.25) is 0 Å². The highest BCUT2D eigenvalue weighted by Crippen LogP contribution is 2.27. The van der Waals surface area contributed by atoms with Crippen molar-refractivity contribution in [1.82, 2.24) is 14.5 Å². The Bertz CT molecular complexity index is 889. The van der Waals surface area contributed by atoms with Crippen LogP contribution >= 0.6 is 0 Å². The highest BCUT2D eigenvalue weighted by molar-refractivity contribution is 5.94. The molecule has 1 fully saturated rings. The SMILES string of the molecule is O=C(c1ccccc1)N1CCCC(c2cn(-c3ccc(F)cc3)cn2)C1. The van der Waals surface area contributed by atoms with Crippen LogP contribution in [0, 0.1) is 5.82 Å². The molecule has 0 bridgehead atoms. The Morgan fingerprint density at radius 2 is 1.85 bits per heavy atom. The molecule has 0 saturated carbocycles. The Balaban J connectivity index is 1.50. The van der Waals surface area contributed by atoms with E-state index in [4.69, 9.17) is 0 Å². The Morgan fingerprint density at radius 1 is 1.08 bits per heavy atom. The maximum absolute atomic E-state index is 13.1. The van der Waals surface area contributed by atoms with Gasteiger partial charge in [0.15, 0.2) is 0 Å². The third-order valence-electron chi connectivity index (χ3n) is 4.87. The van der Waals surface area contributed by atoms with Gasteiger partial charge in [-0.05, 0) is 49.2 Å². The van der Waals surface area contributed by atoms with Gasteiger partial charge in [0.1, 0.15) is 5.82 Å². The van der Waals surface area contributed by atoms with Crippen LogP contribution in [0.1, 0.15) is 34.8 Å². The average molecular weight is 349 g/mol. The molecule has 5 heteroatoms. The summed E-state index contributed by atoms with van der Waals surface area (Å²) in [6.45, 7) is 1.46. The number of piperidine rings is 1. The lowest BCUT2D eigenvalue weighted by Gasteiger charge is -2.32. The number of hydrogen-bond acceptors (Lipinski definition) is 2. The molecule has 1 saturated heterocycles. The molecule has 1 atom stereocenters. The number of carbonyl (C=O) groups excluding carboxylic acids is 1. The molecule has 1 aromatic heterocycles. The fourth-order valence-electron chi connectivity index (χ4n) is 3.47. The molecular weight excluding hydrogens is 329 g/mol. The van der Waals surface area contributed by atoms with E-state index in [0.29, 0.717) is 6.54 Å². The normalized spacial score (nSPS) is 17.3. The minimum Gasteiger partial charge on any atom is -0.338 e. The van der Waals surface area contributed by atoms with E-state index in [2.05, 4.69) is 4.98 Å². The highest BCUT2D eigenvalue weighted by Gasteiger charge is 2.26. The molecule has 132 valence electrons. The summed E-state index contributed by atoms with van der Waals surface area (Å²) in [6, 6.07) is 15.7. The predicted molar refractivity (Wildman–Crippen MR) is 97.8 cm³/mol. The van der Waals surface area contributed by atoms with Gasteiger partial charge in [-0.2, -0.15) is 0 Å². The lowest BCUT2D eigenvalue weighted by atomic mass is 9.94. The first-order valence-corrected chi connectivity index (χ1v) is 8.85. The molecule has 1 amide bonds. The van der Waals surface area contributed by atoms with E-state index in [-0.39, 0.29) is 17.6 Å². The first-order valence-electron chi connectivity index (χ1n) is 8.85. The van der Waals surface area contributed by atoms with Gasteiger partial charge in [-0.3, -0.25) is 4.79 Å². The summed E-state index contributed by atoms with van der Waals surface area (Å²) in [5.74, 6) is 0.0443. The Hall–Kier alpha value is -2.95. The number of halogens is 1. The fraction of sp³-hybridized carbons (Fsp3) is 0.238. The van der Waals surface area contributed by atoms with Crippen molar-refractivity contribution in [1.29, 1.82) is 0 Å². The number of rotatable bonds is 3. The molecule has 3 aromatic rings. The second-order valence-electron chi connectivity index (χ2n) is 6.64. The topological polar surface area (TPSA) is 38.1 Å². The van der Waals surface area contributed by atoms with Gasteiger partial charge < -0.3 is 9.47 Å². The number of aromatic nitrogens is 2. The van der Waals surface area contributed by atoms with Crippen LogP contribution < -0.4 is 0 Å². The number of hydrogen-bond donors (Lipinski definition) is 0. The van der Waals surface area contributed by atoms with Crippen molar-refractivity contribution in [2.24, 2.45) is 0 Å². The first kappa shape index (κ1) is 16.5. The number of amides is 1. The van der Waals surface area contributed by atoms with Gasteiger partial charge in [0.25, 0.3) is 5.91 Å². The highest BCUT2D eigenvalue weighted by atomic mass is 19.1. The van der Waals surface area contributed by atoms with E-state index in [1.165, 1.54) is 12.1 Å². The minimum absolute atomic E-state index is 0.0771. The van der Waals surface area contributed by atoms with Gasteiger partial charge in [-0.1, -0.05) is 18.2 Å². The fourth-order valence-corrected chi connectivity index (χ4v) is 3.47. The molecule has 1 aliphatic heterocycles. The molecule has 0 aliphatic carbocycles. The zero-order valence-electron chi connectivity index (χ0n) is 14.4. The summed E-state index contributed by atoms with van der Waals surface area (Å²) in [7, 11) is 0. The second kappa shape index (κ2) is 7.12. The number of carbonyl (C=O) groups is 1. The zero-order valence-corrected chi connectivity index (χ0v) is 14.4. The van der Waals surface area contributed by atoms with Crippen molar-refractivity contribution in [3.63, 3.8) is 0 Å². The average Bonchev–Trinajstić information content (AvgIpc) is 3.19. The minimum atomic E-state index is -0.253. The molecule has 0 radical (unpaired) electrons. The van der Waals surface area contributed by atoms with Crippen LogP contribution in [0.4, 0.5) is 4.39 Å². The van der Waals surface area contributed by atoms with Crippen molar-refractivity contribution in [3.8, 4) is 5.69 Å². The van der Waals surface area contributed by atoms with E-state index < -0.39 is 0 Å². The molecule has 1 unspecified atom stereocenters. The molecule has 0 N–H and O–H groups in total. The summed E-state index contributed by atoms with van der Waals surface area (Å²) in [6.07, 6.45) is 5.71. The lowest BCUT2D eigenvalue weighted by molar-refractivity contribution is 0.0706.